The summed E-state index contributed by atoms with van der Waals surface area (Å²) in [6, 6.07) is 23.2. The average molecular weight is 789 g/mol. The molecule has 0 aliphatic heterocycles. The van der Waals surface area contributed by atoms with Crippen LogP contribution < -0.4 is 9.47 Å². The molecule has 2 unspecified atom stereocenters. The summed E-state index contributed by atoms with van der Waals surface area (Å²) < 4.78 is 27.3. The molecule has 0 amide bonds. The van der Waals surface area contributed by atoms with Crippen LogP contribution in [0.4, 0.5) is 0 Å². The molecule has 2 atom stereocenters. The molecule has 2 aromatic heterocycles. The SMILES string of the molecule is CC(C)CC(C(=O)O)c1ccc(OCC2CC2)c(-c2ccc3nonc3c2)c1.CCOC(=O)C(CC(C)C)c1ccc(OCC2CC2)c(-c2ccc3nonc3c2)c1. The van der Waals surface area contributed by atoms with Gasteiger partial charge in [0, 0.05) is 11.1 Å². The predicted molar refractivity (Wildman–Crippen MR) is 220 cm³/mol. The van der Waals surface area contributed by atoms with Gasteiger partial charge < -0.3 is 19.3 Å². The molecule has 1 N–H and O–H groups in total. The molecule has 12 heteroatoms. The molecule has 2 fully saturated rings. The number of aliphatic carboxylic acids is 1. The Morgan fingerprint density at radius 3 is 1.52 bits per heavy atom. The maximum atomic E-state index is 12.7. The number of carboxylic acids is 1. The zero-order valence-corrected chi connectivity index (χ0v) is 33.9. The van der Waals surface area contributed by atoms with E-state index < -0.39 is 11.9 Å². The van der Waals surface area contributed by atoms with Gasteiger partial charge in [-0.15, -0.1) is 0 Å². The van der Waals surface area contributed by atoms with Crippen molar-refractivity contribution in [2.24, 2.45) is 23.7 Å². The number of hydrogen-bond donors (Lipinski definition) is 1. The standard InChI is InChI=1S/C24H28N2O4.C22H24N2O4/c1-4-28-24(27)20(11-15(2)3)17-8-10-23(29-14-16-5-6-16)19(12-17)18-7-9-21-22(13-18)26-30-25-21;1-13(2)9-18(22(25)26)15-6-8-21(27-12-14-3-4-14)17(10-15)16-5-7-19-20(11-16)24-28-23-19/h7-10,12-13,15-16,20H,4-6,11,14H2,1-3H3;5-8,10-11,13-14,18H,3-4,9,12H2,1-2H3,(H,25,26). The highest BCUT2D eigenvalue weighted by Crippen LogP contribution is 2.40. The molecule has 2 heterocycles. The van der Waals surface area contributed by atoms with E-state index >= 15 is 0 Å². The first-order valence-electron chi connectivity index (χ1n) is 20.4. The van der Waals surface area contributed by atoms with Crippen LogP contribution in [-0.2, 0) is 14.3 Å². The summed E-state index contributed by atoms with van der Waals surface area (Å²) in [4.78, 5) is 24.6. The van der Waals surface area contributed by atoms with E-state index in [0.29, 0.717) is 66.1 Å². The summed E-state index contributed by atoms with van der Waals surface area (Å²) in [5.74, 6) is 1.66. The molecule has 2 aliphatic rings. The van der Waals surface area contributed by atoms with Crippen molar-refractivity contribution in [2.45, 2.75) is 85.0 Å². The topological polar surface area (TPSA) is 160 Å². The van der Waals surface area contributed by atoms with Gasteiger partial charge in [0.25, 0.3) is 0 Å². The zero-order valence-electron chi connectivity index (χ0n) is 33.9. The Hall–Kier alpha value is -5.78. The third-order valence-corrected chi connectivity index (χ3v) is 10.6. The monoisotopic (exact) mass is 788 g/mol. The molecular formula is C46H52N4O8. The minimum absolute atomic E-state index is 0.181. The molecule has 304 valence electrons. The van der Waals surface area contributed by atoms with Gasteiger partial charge >= 0.3 is 11.9 Å². The van der Waals surface area contributed by atoms with Gasteiger partial charge in [0.2, 0.25) is 0 Å². The molecular weight excluding hydrogens is 737 g/mol. The number of fused-ring (bicyclic) bond motifs is 2. The summed E-state index contributed by atoms with van der Waals surface area (Å²) >= 11 is 0. The normalized spacial score (nSPS) is 14.9. The summed E-state index contributed by atoms with van der Waals surface area (Å²) in [6.07, 6.45) is 6.18. The fraction of sp³-hybridized carbons (Fsp3) is 0.435. The summed E-state index contributed by atoms with van der Waals surface area (Å²) in [5.41, 5.74) is 8.14. The second-order valence-electron chi connectivity index (χ2n) is 16.4. The van der Waals surface area contributed by atoms with Gasteiger partial charge in [-0.25, -0.2) is 9.26 Å². The van der Waals surface area contributed by atoms with E-state index in [1.807, 2.05) is 87.5 Å². The number of esters is 1. The zero-order chi connectivity index (χ0) is 40.8. The predicted octanol–water partition coefficient (Wildman–Crippen LogP) is 10.3. The van der Waals surface area contributed by atoms with Gasteiger partial charge in [-0.1, -0.05) is 52.0 Å². The highest BCUT2D eigenvalue weighted by molar-refractivity contribution is 5.85. The maximum Gasteiger partial charge on any atom is 0.313 e. The first-order valence-corrected chi connectivity index (χ1v) is 20.4. The van der Waals surface area contributed by atoms with Crippen LogP contribution in [0.25, 0.3) is 44.3 Å². The smallest absolute Gasteiger partial charge is 0.313 e. The second kappa shape index (κ2) is 18.2. The number of nitrogens with zero attached hydrogens (tertiary/aromatic N) is 4. The Kier molecular flexibility index (Phi) is 12.7. The van der Waals surface area contributed by atoms with Crippen LogP contribution in [0.3, 0.4) is 0 Å². The number of rotatable bonds is 17. The molecule has 2 saturated carbocycles. The number of carboxylic acid groups (broad SMARTS) is 1. The van der Waals surface area contributed by atoms with Gasteiger partial charge in [-0.3, -0.25) is 9.59 Å². The van der Waals surface area contributed by atoms with Crippen molar-refractivity contribution in [1.82, 2.24) is 20.6 Å². The molecule has 2 aliphatic carbocycles. The van der Waals surface area contributed by atoms with Crippen LogP contribution >= 0.6 is 0 Å². The van der Waals surface area contributed by atoms with Crippen LogP contribution in [0.2, 0.25) is 0 Å². The number of carbonyl (C=O) groups is 2. The largest absolute Gasteiger partial charge is 0.493 e. The van der Waals surface area contributed by atoms with E-state index in [1.165, 1.54) is 25.7 Å². The lowest BCUT2D eigenvalue weighted by Gasteiger charge is -2.20. The van der Waals surface area contributed by atoms with Crippen molar-refractivity contribution in [1.29, 1.82) is 0 Å². The molecule has 0 bridgehead atoms. The van der Waals surface area contributed by atoms with Crippen molar-refractivity contribution >= 4 is 34.0 Å². The first-order chi connectivity index (χ1) is 28.1. The van der Waals surface area contributed by atoms with E-state index in [2.05, 4.69) is 40.5 Å². The van der Waals surface area contributed by atoms with Crippen LogP contribution in [0.1, 0.15) is 96.1 Å². The molecule has 0 saturated heterocycles. The lowest BCUT2D eigenvalue weighted by Crippen LogP contribution is -2.18. The van der Waals surface area contributed by atoms with Crippen LogP contribution in [0.15, 0.2) is 82.1 Å². The number of benzene rings is 4. The summed E-state index contributed by atoms with van der Waals surface area (Å²) in [5, 5.41) is 25.4. The van der Waals surface area contributed by atoms with Crippen molar-refractivity contribution in [2.75, 3.05) is 19.8 Å². The number of hydrogen-bond acceptors (Lipinski definition) is 11. The van der Waals surface area contributed by atoms with E-state index in [9.17, 15) is 14.7 Å². The van der Waals surface area contributed by atoms with Gasteiger partial charge in [0.05, 0.1) is 31.7 Å². The Morgan fingerprint density at radius 1 is 0.638 bits per heavy atom. The molecule has 12 nitrogen and oxygen atoms in total. The molecule has 6 aromatic rings. The van der Waals surface area contributed by atoms with Crippen molar-refractivity contribution < 1.29 is 38.2 Å². The average Bonchev–Trinajstić information content (AvgIpc) is 4.13. The van der Waals surface area contributed by atoms with E-state index in [0.717, 1.165) is 51.3 Å². The second-order valence-corrected chi connectivity index (χ2v) is 16.4. The molecule has 58 heavy (non-hydrogen) atoms. The van der Waals surface area contributed by atoms with E-state index in [-0.39, 0.29) is 17.8 Å². The fourth-order valence-electron chi connectivity index (χ4n) is 7.05. The van der Waals surface area contributed by atoms with Crippen molar-refractivity contribution in [3.05, 3.63) is 83.9 Å². The van der Waals surface area contributed by atoms with Crippen LogP contribution in [0.5, 0.6) is 11.5 Å². The third-order valence-electron chi connectivity index (χ3n) is 10.6. The van der Waals surface area contributed by atoms with Crippen LogP contribution in [0, 0.1) is 23.7 Å². The van der Waals surface area contributed by atoms with E-state index in [1.54, 1.807) is 0 Å². The Morgan fingerprint density at radius 2 is 1.09 bits per heavy atom. The third kappa shape index (κ3) is 10.2. The Balaban J connectivity index is 0.000000177. The number of ether oxygens (including phenoxy) is 3. The first kappa shape index (κ1) is 40.4. The highest BCUT2D eigenvalue weighted by atomic mass is 16.6. The molecule has 4 aromatic carbocycles. The van der Waals surface area contributed by atoms with Gasteiger partial charge in [-0.05, 0) is 161 Å². The Bertz CT molecular complexity index is 2340. The molecule has 0 radical (unpaired) electrons. The fourth-order valence-corrected chi connectivity index (χ4v) is 7.05. The van der Waals surface area contributed by atoms with Crippen molar-refractivity contribution in [3.8, 4) is 33.8 Å². The summed E-state index contributed by atoms with van der Waals surface area (Å²) in [6.45, 7) is 11.9. The van der Waals surface area contributed by atoms with Crippen LogP contribution in [-0.4, -0.2) is 57.5 Å². The highest BCUT2D eigenvalue weighted by Gasteiger charge is 2.27. The quantitative estimate of drug-likeness (QED) is 0.0873. The minimum atomic E-state index is -0.803. The number of carbonyl (C=O) groups excluding carboxylic acids is 1. The maximum absolute atomic E-state index is 12.7. The molecule has 8 rings (SSSR count). The lowest BCUT2D eigenvalue weighted by molar-refractivity contribution is -0.145. The van der Waals surface area contributed by atoms with Gasteiger partial charge in [-0.2, -0.15) is 0 Å². The Labute approximate surface area is 338 Å². The van der Waals surface area contributed by atoms with Crippen molar-refractivity contribution in [3.63, 3.8) is 0 Å². The summed E-state index contributed by atoms with van der Waals surface area (Å²) in [7, 11) is 0. The minimum Gasteiger partial charge on any atom is -0.493 e. The van der Waals surface area contributed by atoms with Gasteiger partial charge in [0.15, 0.2) is 0 Å². The lowest BCUT2D eigenvalue weighted by atomic mass is 9.88. The number of aromatic nitrogens is 4. The van der Waals surface area contributed by atoms with E-state index in [4.69, 9.17) is 23.5 Å². The molecule has 0 spiro atoms. The van der Waals surface area contributed by atoms with Gasteiger partial charge in [0.1, 0.15) is 33.6 Å².